The number of hydrogen-bond donors (Lipinski definition) is 3. The van der Waals surface area contributed by atoms with E-state index in [9.17, 15) is 9.59 Å². The van der Waals surface area contributed by atoms with Gasteiger partial charge >= 0.3 is 5.97 Å². The fourth-order valence-corrected chi connectivity index (χ4v) is 1.29. The Morgan fingerprint density at radius 3 is 2.50 bits per heavy atom. The number of nitrogens with one attached hydrogen (secondary N) is 2. The molecule has 0 rings (SSSR count). The van der Waals surface area contributed by atoms with Gasteiger partial charge in [-0.05, 0) is 12.3 Å². The molecule has 0 aliphatic rings. The highest BCUT2D eigenvalue weighted by atomic mass is 16.4. The van der Waals surface area contributed by atoms with Crippen LogP contribution in [-0.2, 0) is 9.59 Å². The van der Waals surface area contributed by atoms with Crippen LogP contribution in [0.15, 0.2) is 11.6 Å². The maximum atomic E-state index is 11.3. The van der Waals surface area contributed by atoms with Crippen LogP contribution in [0.3, 0.4) is 0 Å². The monoisotopic (exact) mass is 256 g/mol. The normalized spacial score (nSPS) is 11.7. The Morgan fingerprint density at radius 2 is 2.00 bits per heavy atom. The molecule has 0 atom stereocenters. The number of carboxylic acid groups (broad SMARTS) is 1. The van der Waals surface area contributed by atoms with E-state index in [1.165, 1.54) is 0 Å². The zero-order chi connectivity index (χ0) is 14.0. The van der Waals surface area contributed by atoms with Crippen molar-refractivity contribution >= 4 is 11.9 Å². The first-order valence-corrected chi connectivity index (χ1v) is 6.37. The summed E-state index contributed by atoms with van der Waals surface area (Å²) in [5.74, 6) is -0.407. The van der Waals surface area contributed by atoms with Crippen LogP contribution in [0.4, 0.5) is 0 Å². The Bertz CT molecular complexity index is 299. The minimum absolute atomic E-state index is 0.0223. The van der Waals surface area contributed by atoms with E-state index in [4.69, 9.17) is 5.11 Å². The lowest BCUT2D eigenvalue weighted by Gasteiger charge is -2.07. The molecule has 0 aromatic carbocycles. The van der Waals surface area contributed by atoms with Crippen molar-refractivity contribution in [1.82, 2.24) is 10.6 Å². The van der Waals surface area contributed by atoms with Crippen molar-refractivity contribution in [2.75, 3.05) is 19.6 Å². The Balaban J connectivity index is 3.67. The lowest BCUT2D eigenvalue weighted by Crippen LogP contribution is -2.30. The van der Waals surface area contributed by atoms with Gasteiger partial charge in [-0.2, -0.15) is 0 Å². The highest BCUT2D eigenvalue weighted by molar-refractivity contribution is 5.86. The summed E-state index contributed by atoms with van der Waals surface area (Å²) in [4.78, 5) is 22.0. The van der Waals surface area contributed by atoms with E-state index in [2.05, 4.69) is 10.6 Å². The van der Waals surface area contributed by atoms with Crippen LogP contribution < -0.4 is 10.6 Å². The molecule has 1 amide bonds. The molecule has 5 nitrogen and oxygen atoms in total. The molecule has 0 bridgehead atoms. The topological polar surface area (TPSA) is 78.4 Å². The van der Waals surface area contributed by atoms with Crippen LogP contribution in [0.1, 0.15) is 33.6 Å². The van der Waals surface area contributed by atoms with Crippen LogP contribution in [0.2, 0.25) is 0 Å². The maximum absolute atomic E-state index is 11.3. The largest absolute Gasteiger partial charge is 0.478 e. The van der Waals surface area contributed by atoms with Gasteiger partial charge in [0.05, 0.1) is 0 Å². The molecule has 0 fully saturated rings. The lowest BCUT2D eigenvalue weighted by atomic mass is 10.2. The van der Waals surface area contributed by atoms with E-state index in [-0.39, 0.29) is 5.91 Å². The Morgan fingerprint density at radius 1 is 1.33 bits per heavy atom. The summed E-state index contributed by atoms with van der Waals surface area (Å²) in [6, 6.07) is 0. The van der Waals surface area contributed by atoms with Gasteiger partial charge < -0.3 is 15.7 Å². The van der Waals surface area contributed by atoms with Gasteiger partial charge in [-0.25, -0.2) is 4.79 Å². The van der Waals surface area contributed by atoms with Crippen molar-refractivity contribution in [3.8, 4) is 0 Å². The van der Waals surface area contributed by atoms with E-state index in [1.807, 2.05) is 13.8 Å². The SMILES string of the molecule is CCC(=CCNCCC(=O)NCC(C)C)C(=O)O. The number of rotatable bonds is 9. The maximum Gasteiger partial charge on any atom is 0.331 e. The van der Waals surface area contributed by atoms with E-state index in [1.54, 1.807) is 13.0 Å². The summed E-state index contributed by atoms with van der Waals surface area (Å²) < 4.78 is 0. The van der Waals surface area contributed by atoms with Gasteiger partial charge in [0.15, 0.2) is 0 Å². The fourth-order valence-electron chi connectivity index (χ4n) is 1.29. The molecule has 0 aromatic rings. The summed E-state index contributed by atoms with van der Waals surface area (Å²) in [6.07, 6.45) is 2.56. The molecule has 0 radical (unpaired) electrons. The first kappa shape index (κ1) is 16.6. The second kappa shape index (κ2) is 9.65. The summed E-state index contributed by atoms with van der Waals surface area (Å²) in [5, 5.41) is 14.6. The molecule has 0 heterocycles. The standard InChI is InChI=1S/C13H24N2O3/c1-4-11(13(17)18)5-7-14-8-6-12(16)15-9-10(2)3/h5,10,14H,4,6-9H2,1-3H3,(H,15,16)(H,17,18). The summed E-state index contributed by atoms with van der Waals surface area (Å²) >= 11 is 0. The average molecular weight is 256 g/mol. The van der Waals surface area contributed by atoms with Gasteiger partial charge in [-0.15, -0.1) is 0 Å². The predicted octanol–water partition coefficient (Wildman–Crippen LogP) is 1.16. The van der Waals surface area contributed by atoms with Crippen molar-refractivity contribution in [2.24, 2.45) is 5.92 Å². The summed E-state index contributed by atoms with van der Waals surface area (Å²) in [5.41, 5.74) is 0.395. The average Bonchev–Trinajstić information content (AvgIpc) is 2.30. The van der Waals surface area contributed by atoms with Crippen LogP contribution in [0.5, 0.6) is 0 Å². The van der Waals surface area contributed by atoms with E-state index >= 15 is 0 Å². The van der Waals surface area contributed by atoms with Crippen LogP contribution in [0, 0.1) is 5.92 Å². The third kappa shape index (κ3) is 8.75. The minimum Gasteiger partial charge on any atom is -0.478 e. The van der Waals surface area contributed by atoms with Crippen molar-refractivity contribution in [1.29, 1.82) is 0 Å². The first-order chi connectivity index (χ1) is 8.47. The molecular formula is C13H24N2O3. The van der Waals surface area contributed by atoms with E-state index < -0.39 is 5.97 Å². The van der Waals surface area contributed by atoms with Gasteiger partial charge in [-0.1, -0.05) is 26.8 Å². The highest BCUT2D eigenvalue weighted by Crippen LogP contribution is 1.98. The van der Waals surface area contributed by atoms with Gasteiger partial charge in [0, 0.05) is 31.6 Å². The number of carbonyl (C=O) groups excluding carboxylic acids is 1. The molecule has 3 N–H and O–H groups in total. The molecule has 0 unspecified atom stereocenters. The Hall–Kier alpha value is -1.36. The molecule has 0 aliphatic carbocycles. The second-order valence-corrected chi connectivity index (χ2v) is 4.54. The van der Waals surface area contributed by atoms with Crippen LogP contribution in [-0.4, -0.2) is 36.6 Å². The predicted molar refractivity (Wildman–Crippen MR) is 71.3 cm³/mol. The molecule has 0 saturated carbocycles. The molecule has 18 heavy (non-hydrogen) atoms. The summed E-state index contributed by atoms with van der Waals surface area (Å²) in [6.45, 7) is 7.62. The van der Waals surface area contributed by atoms with Crippen LogP contribution in [0.25, 0.3) is 0 Å². The molecular weight excluding hydrogens is 232 g/mol. The van der Waals surface area contributed by atoms with E-state index in [0.29, 0.717) is 44.0 Å². The molecule has 104 valence electrons. The first-order valence-electron chi connectivity index (χ1n) is 6.37. The van der Waals surface area contributed by atoms with Crippen molar-refractivity contribution in [3.05, 3.63) is 11.6 Å². The number of carboxylic acids is 1. The zero-order valence-electron chi connectivity index (χ0n) is 11.5. The lowest BCUT2D eigenvalue weighted by molar-refractivity contribution is -0.132. The number of carbonyl (C=O) groups is 2. The van der Waals surface area contributed by atoms with E-state index in [0.717, 1.165) is 0 Å². The molecule has 0 spiro atoms. The number of aliphatic carboxylic acids is 1. The Labute approximate surface area is 109 Å². The third-order valence-electron chi connectivity index (χ3n) is 2.38. The fraction of sp³-hybridized carbons (Fsp3) is 0.692. The molecule has 0 saturated heterocycles. The number of hydrogen-bond acceptors (Lipinski definition) is 3. The zero-order valence-corrected chi connectivity index (χ0v) is 11.5. The van der Waals surface area contributed by atoms with Crippen molar-refractivity contribution < 1.29 is 14.7 Å². The van der Waals surface area contributed by atoms with Gasteiger partial charge in [0.2, 0.25) is 5.91 Å². The van der Waals surface area contributed by atoms with Crippen LogP contribution >= 0.6 is 0 Å². The third-order valence-corrected chi connectivity index (χ3v) is 2.38. The molecule has 0 aromatic heterocycles. The second-order valence-electron chi connectivity index (χ2n) is 4.54. The Kier molecular flexibility index (Phi) is 8.92. The minimum atomic E-state index is -0.881. The summed E-state index contributed by atoms with van der Waals surface area (Å²) in [7, 11) is 0. The highest BCUT2D eigenvalue weighted by Gasteiger charge is 2.03. The smallest absolute Gasteiger partial charge is 0.331 e. The van der Waals surface area contributed by atoms with Gasteiger partial charge in [0.25, 0.3) is 0 Å². The molecule has 0 aliphatic heterocycles. The molecule has 5 heteroatoms. The van der Waals surface area contributed by atoms with Gasteiger partial charge in [0.1, 0.15) is 0 Å². The van der Waals surface area contributed by atoms with Crippen molar-refractivity contribution in [3.63, 3.8) is 0 Å². The van der Waals surface area contributed by atoms with Gasteiger partial charge in [-0.3, -0.25) is 4.79 Å². The quantitative estimate of drug-likeness (QED) is 0.427. The van der Waals surface area contributed by atoms with Crippen molar-refractivity contribution in [2.45, 2.75) is 33.6 Å². The number of amides is 1.